The zero-order valence-corrected chi connectivity index (χ0v) is 22.5. The SMILES string of the molecule is COc1cc2c3cc(OC)c(=O)c4c(O)c(OC)c5c(c6c(c(OC)c(=O)c(c1O)c26)[C@H](C(C)=O)[C@H]5C(C)=O)c43. The van der Waals surface area contributed by atoms with Crippen LogP contribution in [0.2, 0.25) is 0 Å². The maximum absolute atomic E-state index is 14.0. The number of methoxy groups -OCH3 is 4. The summed E-state index contributed by atoms with van der Waals surface area (Å²) >= 11 is 0. The number of fused-ring (bicyclic) bond motifs is 1. The fourth-order valence-corrected chi connectivity index (χ4v) is 6.69. The summed E-state index contributed by atoms with van der Waals surface area (Å²) in [5.74, 6) is -4.59. The number of hydrogen-bond acceptors (Lipinski definition) is 10. The third-order valence-corrected chi connectivity index (χ3v) is 8.14. The van der Waals surface area contributed by atoms with E-state index in [-0.39, 0.29) is 55.7 Å². The zero-order valence-electron chi connectivity index (χ0n) is 22.5. The van der Waals surface area contributed by atoms with Gasteiger partial charge in [0.05, 0.1) is 51.0 Å². The van der Waals surface area contributed by atoms with Crippen LogP contribution in [0.1, 0.15) is 36.8 Å². The number of aromatic hydroxyl groups is 2. The Morgan fingerprint density at radius 1 is 0.600 bits per heavy atom. The highest BCUT2D eigenvalue weighted by atomic mass is 16.5. The second-order valence-electron chi connectivity index (χ2n) is 9.93. The Hall–Kier alpha value is -4.86. The van der Waals surface area contributed by atoms with Crippen LogP contribution in [0.4, 0.5) is 0 Å². The molecule has 0 aliphatic heterocycles. The maximum atomic E-state index is 14.0. The summed E-state index contributed by atoms with van der Waals surface area (Å²) in [6, 6.07) is 3.01. The monoisotopic (exact) mass is 544 g/mol. The standard InChI is InChI=1S/C30H24O10/c1-9(31)15-16(10(2)32)22-20-18-12(8-14(38-4)26(34)24(18)28(36)30(22)40-6)11-7-13(37-3)25(33)23-17(11)19(20)21(15)29(39-5)27(23)35/h7-8,15-16,33,36H,1-6H3/t15-,16-/m1/s1. The number of ether oxygens (including phenoxy) is 4. The van der Waals surface area contributed by atoms with Crippen molar-refractivity contribution in [3.63, 3.8) is 0 Å². The van der Waals surface area contributed by atoms with Crippen molar-refractivity contribution in [3.8, 4) is 34.5 Å². The molecule has 0 unspecified atom stereocenters. The summed E-state index contributed by atoms with van der Waals surface area (Å²) in [4.78, 5) is 54.2. The first kappa shape index (κ1) is 25.4. The molecule has 0 amide bonds. The first-order chi connectivity index (χ1) is 19.0. The molecular weight excluding hydrogens is 520 g/mol. The summed E-state index contributed by atoms with van der Waals surface area (Å²) in [6.45, 7) is 2.62. The van der Waals surface area contributed by atoms with Crippen molar-refractivity contribution in [2.45, 2.75) is 25.7 Å². The molecule has 0 aromatic heterocycles. The average Bonchev–Trinajstić information content (AvgIpc) is 2.92. The van der Waals surface area contributed by atoms with Gasteiger partial charge in [-0.15, -0.1) is 0 Å². The van der Waals surface area contributed by atoms with Crippen molar-refractivity contribution in [2.75, 3.05) is 28.4 Å². The van der Waals surface area contributed by atoms with Crippen LogP contribution < -0.4 is 29.8 Å². The first-order valence-corrected chi connectivity index (χ1v) is 12.4. The second-order valence-corrected chi connectivity index (χ2v) is 9.93. The molecule has 0 bridgehead atoms. The molecule has 0 heterocycles. The van der Waals surface area contributed by atoms with Crippen LogP contribution >= 0.6 is 0 Å². The van der Waals surface area contributed by atoms with Crippen LogP contribution in [0.25, 0.3) is 43.1 Å². The predicted octanol–water partition coefficient (Wildman–Crippen LogP) is 3.70. The molecule has 40 heavy (non-hydrogen) atoms. The Labute approximate surface area is 225 Å². The smallest absolute Gasteiger partial charge is 0.232 e. The lowest BCUT2D eigenvalue weighted by molar-refractivity contribution is -0.125. The third kappa shape index (κ3) is 2.77. The number of phenols is 2. The largest absolute Gasteiger partial charge is 0.504 e. The minimum absolute atomic E-state index is 0.0122. The van der Waals surface area contributed by atoms with Crippen LogP contribution in [0, 0.1) is 0 Å². The van der Waals surface area contributed by atoms with E-state index in [1.807, 2.05) is 0 Å². The van der Waals surface area contributed by atoms with Crippen LogP contribution in [-0.2, 0) is 9.59 Å². The summed E-state index contributed by atoms with van der Waals surface area (Å²) < 4.78 is 22.0. The van der Waals surface area contributed by atoms with E-state index in [0.717, 1.165) is 0 Å². The average molecular weight is 545 g/mol. The second kappa shape index (κ2) is 8.32. The van der Waals surface area contributed by atoms with Gasteiger partial charge in [0.25, 0.3) is 0 Å². The van der Waals surface area contributed by atoms with E-state index in [0.29, 0.717) is 21.5 Å². The molecular formula is C30H24O10. The number of hydrogen-bond donors (Lipinski definition) is 2. The molecule has 10 heteroatoms. The van der Waals surface area contributed by atoms with Gasteiger partial charge < -0.3 is 29.2 Å². The molecule has 1 aliphatic rings. The normalized spacial score (nSPS) is 16.4. The Morgan fingerprint density at radius 3 is 1.50 bits per heavy atom. The zero-order chi connectivity index (χ0) is 28.9. The summed E-state index contributed by atoms with van der Waals surface area (Å²) in [6.07, 6.45) is 0. The molecule has 0 spiro atoms. The van der Waals surface area contributed by atoms with Gasteiger partial charge in [-0.1, -0.05) is 0 Å². The van der Waals surface area contributed by atoms with Crippen LogP contribution in [0.15, 0.2) is 21.7 Å². The van der Waals surface area contributed by atoms with Gasteiger partial charge in [-0.05, 0) is 47.5 Å². The predicted molar refractivity (Wildman–Crippen MR) is 148 cm³/mol. The van der Waals surface area contributed by atoms with Crippen molar-refractivity contribution in [1.29, 1.82) is 0 Å². The summed E-state index contributed by atoms with van der Waals surface area (Å²) in [5.41, 5.74) is -0.925. The van der Waals surface area contributed by atoms with Gasteiger partial charge in [0, 0.05) is 21.9 Å². The van der Waals surface area contributed by atoms with Gasteiger partial charge in [0.2, 0.25) is 10.9 Å². The Kier molecular flexibility index (Phi) is 5.29. The van der Waals surface area contributed by atoms with Gasteiger partial charge in [-0.25, -0.2) is 0 Å². The van der Waals surface area contributed by atoms with Crippen LogP contribution in [-0.4, -0.2) is 50.2 Å². The lowest BCUT2D eigenvalue weighted by atomic mass is 9.67. The molecule has 0 saturated carbocycles. The minimum Gasteiger partial charge on any atom is -0.504 e. The van der Waals surface area contributed by atoms with E-state index < -0.39 is 45.8 Å². The number of ketones is 2. The Morgan fingerprint density at radius 2 is 1.05 bits per heavy atom. The molecule has 6 rings (SSSR count). The molecule has 10 nitrogen and oxygen atoms in total. The molecule has 0 radical (unpaired) electrons. The van der Waals surface area contributed by atoms with Crippen LogP contribution in [0.5, 0.6) is 34.5 Å². The lowest BCUT2D eigenvalue weighted by Gasteiger charge is -2.35. The molecule has 5 aromatic rings. The highest BCUT2D eigenvalue weighted by Crippen LogP contribution is 2.59. The fraction of sp³-hybridized carbons (Fsp3) is 0.267. The minimum atomic E-state index is -1.18. The maximum Gasteiger partial charge on any atom is 0.232 e. The number of phenolic OH excluding ortho intramolecular Hbond substituents is 2. The number of carbonyl (C=O) groups excluding carboxylic acids is 2. The van der Waals surface area contributed by atoms with E-state index in [1.54, 1.807) is 0 Å². The van der Waals surface area contributed by atoms with Crippen molar-refractivity contribution in [1.82, 2.24) is 0 Å². The van der Waals surface area contributed by atoms with Crippen molar-refractivity contribution in [3.05, 3.63) is 43.7 Å². The van der Waals surface area contributed by atoms with E-state index >= 15 is 0 Å². The Bertz CT molecular complexity index is 2050. The number of rotatable bonds is 6. The van der Waals surface area contributed by atoms with Gasteiger partial charge >= 0.3 is 0 Å². The molecule has 0 fully saturated rings. The van der Waals surface area contributed by atoms with Crippen molar-refractivity contribution in [2.24, 2.45) is 0 Å². The van der Waals surface area contributed by atoms with Gasteiger partial charge in [-0.3, -0.25) is 19.2 Å². The molecule has 0 saturated heterocycles. The quantitative estimate of drug-likeness (QED) is 0.240. The van der Waals surface area contributed by atoms with E-state index in [1.165, 1.54) is 54.4 Å². The number of benzene rings is 5. The fourth-order valence-electron chi connectivity index (χ4n) is 6.69. The van der Waals surface area contributed by atoms with Crippen molar-refractivity contribution >= 4 is 54.7 Å². The van der Waals surface area contributed by atoms with Gasteiger partial charge in [-0.2, -0.15) is 0 Å². The van der Waals surface area contributed by atoms with E-state index in [2.05, 4.69) is 0 Å². The molecule has 1 aliphatic carbocycles. The summed E-state index contributed by atoms with van der Waals surface area (Å²) in [5, 5.41) is 24.5. The lowest BCUT2D eigenvalue weighted by Crippen LogP contribution is -2.29. The summed E-state index contributed by atoms with van der Waals surface area (Å²) in [7, 11) is 5.20. The molecule has 204 valence electrons. The highest BCUT2D eigenvalue weighted by molar-refractivity contribution is 6.38. The highest BCUT2D eigenvalue weighted by Gasteiger charge is 2.45. The third-order valence-electron chi connectivity index (χ3n) is 8.14. The first-order valence-electron chi connectivity index (χ1n) is 12.4. The van der Waals surface area contributed by atoms with Gasteiger partial charge in [0.1, 0.15) is 11.6 Å². The van der Waals surface area contributed by atoms with Crippen molar-refractivity contribution < 1.29 is 38.7 Å². The van der Waals surface area contributed by atoms with E-state index in [4.69, 9.17) is 18.9 Å². The number of Topliss-reactive ketones (excluding diaryl/α,β-unsaturated/α-hetero) is 2. The molecule has 2 N–H and O–H groups in total. The Balaban J connectivity index is 2.17. The van der Waals surface area contributed by atoms with Gasteiger partial charge in [0.15, 0.2) is 34.5 Å². The number of carbonyl (C=O) groups is 2. The van der Waals surface area contributed by atoms with Crippen LogP contribution in [0.3, 0.4) is 0 Å². The molecule has 2 atom stereocenters. The van der Waals surface area contributed by atoms with E-state index in [9.17, 15) is 29.4 Å². The topological polar surface area (TPSA) is 146 Å². The molecule has 5 aromatic carbocycles.